The van der Waals surface area contributed by atoms with Crippen LogP contribution in [0.25, 0.3) is 0 Å². The van der Waals surface area contributed by atoms with Crippen LogP contribution in [0.2, 0.25) is 0 Å². The molecular weight excluding hydrogens is 1740 g/mol. The molecule has 131 heavy (non-hydrogen) atoms. The van der Waals surface area contributed by atoms with Gasteiger partial charge in [-0.3, -0.25) is 81.5 Å². The number of rotatable bonds is 69. The Morgan fingerprint density at radius 2 is 0.534 bits per heavy atom. The first-order valence-electron chi connectivity index (χ1n) is 44.2. The number of nitrogens with one attached hydrogen (secondary N) is 7. The first kappa shape index (κ1) is 116. The zero-order valence-electron chi connectivity index (χ0n) is 77.4. The van der Waals surface area contributed by atoms with E-state index >= 15 is 0 Å². The molecular formula is C85H139N7O39. The Bertz CT molecular complexity index is 3210. The monoisotopic (exact) mass is 1880 g/mol. The summed E-state index contributed by atoms with van der Waals surface area (Å²) in [6, 6.07) is -3.47. The molecule has 0 aromatic heterocycles. The van der Waals surface area contributed by atoms with Gasteiger partial charge in [0.1, 0.15) is 61.8 Å². The van der Waals surface area contributed by atoms with E-state index in [0.717, 1.165) is 94.4 Å². The molecule has 0 aliphatic carbocycles. The molecule has 0 radical (unpaired) electrons. The Kier molecular flexibility index (Phi) is 59.0. The predicted octanol–water partition coefficient (Wildman–Crippen LogP) is 0.804. The van der Waals surface area contributed by atoms with Gasteiger partial charge in [0.2, 0.25) is 41.4 Å². The molecule has 46 nitrogen and oxygen atoms in total. The fourth-order valence-corrected chi connectivity index (χ4v) is 13.7. The highest BCUT2D eigenvalue weighted by Gasteiger charge is 2.55. The Morgan fingerprint density at radius 3 is 0.794 bits per heavy atom. The fourth-order valence-electron chi connectivity index (χ4n) is 13.7. The van der Waals surface area contributed by atoms with Crippen LogP contribution in [0.5, 0.6) is 0 Å². The Balaban J connectivity index is 1.69. The molecule has 3 rings (SSSR count). The largest absolute Gasteiger partial charge is 0.481 e. The van der Waals surface area contributed by atoms with Crippen molar-refractivity contribution < 1.29 is 186 Å². The van der Waals surface area contributed by atoms with Crippen molar-refractivity contribution in [1.82, 2.24) is 37.2 Å². The number of unbranched alkanes of at least 4 members (excludes halogenated alkanes) is 7. The lowest BCUT2D eigenvalue weighted by Crippen LogP contribution is -2.66. The van der Waals surface area contributed by atoms with Crippen LogP contribution >= 0.6 is 0 Å². The van der Waals surface area contributed by atoms with Crippen LogP contribution in [0.15, 0.2) is 0 Å². The van der Waals surface area contributed by atoms with E-state index in [4.69, 9.17) is 105 Å². The SMILES string of the molecule is CC(=O)NC1C(OCCCOCCCNC(=O)CCOCC(COCCC(=O)NCCCOCCCOC2OC(COC(C)=O)C(OC(C)=O)C(OC(C)=O)C2NC(C)=O)(COCCC(=O)NCCCOCCCOC2OC(COC(C)=O)C(OC(C)=O)C(OC(C)=O)C2NC(C)=O)NC(=O)CCCCCCCCCCC(=O)O)OC(COC(C)=O)C(OC(C)=O)C1OC(C)=O. The Hall–Kier alpha value is -9.49. The molecule has 3 aliphatic heterocycles. The highest BCUT2D eigenvalue weighted by molar-refractivity contribution is 5.79. The molecule has 7 amide bonds. The lowest BCUT2D eigenvalue weighted by molar-refractivity contribution is -0.278. The van der Waals surface area contributed by atoms with Crippen molar-refractivity contribution >= 4 is 101 Å². The average molecular weight is 1880 g/mol. The maximum absolute atomic E-state index is 14.0. The lowest BCUT2D eigenvalue weighted by Gasteiger charge is -2.44. The number of hydrogen-bond acceptors (Lipinski definition) is 38. The molecule has 8 N–H and O–H groups in total. The van der Waals surface area contributed by atoms with E-state index in [9.17, 15) is 81.5 Å². The minimum Gasteiger partial charge on any atom is -0.481 e. The van der Waals surface area contributed by atoms with Gasteiger partial charge in [0.15, 0.2) is 55.5 Å². The van der Waals surface area contributed by atoms with E-state index in [1.54, 1.807) is 0 Å². The standard InChI is InChI=1S/C85H139N7O39/c1-53(93)89-73-79(126-62(10)102)76(123-59(7)99)65(47-120-56(4)96)129-82(73)117-41-24-38-111-35-21-32-86-68(105)29-44-114-50-85(92-71(108)27-19-17-15-13-14-16-18-20-28-72(109)110,51-115-45-30-69(106)87-33-22-36-112-39-25-42-118-83-74(90-54(2)94)80(127-63(11)103)77(124-60(8)100)66(130-83)48-121-57(5)97)52-116-46-31-70(107)88-34-23-37-113-40-26-43-119-84-75(91-55(3)95)81(128-64(12)104)78(125-61(9)101)67(131-84)49-122-58(6)98/h65-67,73-84H,13-52H2,1-12H3,(H,86,105)(H,87,106)(H,88,107)(H,89,93)(H,90,94)(H,91,95)(H,92,108)(H,109,110). The summed E-state index contributed by atoms with van der Waals surface area (Å²) >= 11 is 0. The molecule has 0 saturated carbocycles. The van der Waals surface area contributed by atoms with Crippen LogP contribution in [-0.2, 0) is 181 Å². The third-order valence-electron chi connectivity index (χ3n) is 19.2. The normalized spacial score (nSPS) is 22.0. The number of esters is 9. The van der Waals surface area contributed by atoms with Crippen molar-refractivity contribution in [3.8, 4) is 0 Å². The third kappa shape index (κ3) is 52.5. The van der Waals surface area contributed by atoms with Gasteiger partial charge in [0.25, 0.3) is 0 Å². The maximum Gasteiger partial charge on any atom is 0.303 e. The van der Waals surface area contributed by atoms with E-state index in [0.29, 0.717) is 57.8 Å². The Morgan fingerprint density at radius 1 is 0.275 bits per heavy atom. The number of carboxylic acid groups (broad SMARTS) is 1. The van der Waals surface area contributed by atoms with Crippen LogP contribution < -0.4 is 37.2 Å². The van der Waals surface area contributed by atoms with E-state index in [1.807, 2.05) is 0 Å². The summed E-state index contributed by atoms with van der Waals surface area (Å²) in [5.41, 5.74) is -1.45. The molecule has 3 heterocycles. The third-order valence-corrected chi connectivity index (χ3v) is 19.2. The van der Waals surface area contributed by atoms with Crippen LogP contribution in [0.3, 0.4) is 0 Å². The highest BCUT2D eigenvalue weighted by Crippen LogP contribution is 2.32. The van der Waals surface area contributed by atoms with Crippen molar-refractivity contribution in [3.63, 3.8) is 0 Å². The number of ether oxygens (including phenoxy) is 21. The zero-order valence-corrected chi connectivity index (χ0v) is 77.4. The number of amides is 7. The molecule has 0 spiro atoms. The smallest absolute Gasteiger partial charge is 0.303 e. The molecule has 3 fully saturated rings. The summed E-state index contributed by atoms with van der Waals surface area (Å²) in [4.78, 5) is 210. The second-order valence-electron chi connectivity index (χ2n) is 31.2. The molecule has 15 atom stereocenters. The summed E-state index contributed by atoms with van der Waals surface area (Å²) in [6.45, 7) is 13.2. The van der Waals surface area contributed by atoms with Gasteiger partial charge in [-0.25, -0.2) is 0 Å². The van der Waals surface area contributed by atoms with Crippen molar-refractivity contribution in [2.45, 2.75) is 303 Å². The van der Waals surface area contributed by atoms with Crippen LogP contribution in [-0.4, -0.2) is 342 Å². The topological polar surface area (TPSA) is 588 Å². The van der Waals surface area contributed by atoms with Gasteiger partial charge in [0.05, 0.1) is 59.5 Å². The van der Waals surface area contributed by atoms with Gasteiger partial charge >= 0.3 is 59.7 Å². The number of hydrogen-bond donors (Lipinski definition) is 8. The predicted molar refractivity (Wildman–Crippen MR) is 450 cm³/mol. The van der Waals surface area contributed by atoms with E-state index in [-0.39, 0.29) is 174 Å². The highest BCUT2D eigenvalue weighted by atomic mass is 16.7. The molecule has 46 heteroatoms. The zero-order chi connectivity index (χ0) is 97.1. The van der Waals surface area contributed by atoms with Crippen molar-refractivity contribution in [3.05, 3.63) is 0 Å². The molecule has 3 aliphatic rings. The molecule has 0 aromatic carbocycles. The minimum absolute atomic E-state index is 0.000430. The first-order valence-corrected chi connectivity index (χ1v) is 44.2. The minimum atomic E-state index is -1.45. The van der Waals surface area contributed by atoms with Gasteiger partial charge in [-0.05, 0) is 51.4 Å². The summed E-state index contributed by atoms with van der Waals surface area (Å²) in [5, 5.41) is 28.4. The molecule has 15 unspecified atom stereocenters. The van der Waals surface area contributed by atoms with E-state index in [1.165, 1.54) is 20.8 Å². The summed E-state index contributed by atoms with van der Waals surface area (Å²) in [7, 11) is 0. The van der Waals surface area contributed by atoms with Crippen LogP contribution in [0.1, 0.15) is 205 Å². The van der Waals surface area contributed by atoms with Gasteiger partial charge in [-0.15, -0.1) is 0 Å². The first-order chi connectivity index (χ1) is 62.4. The maximum atomic E-state index is 14.0. The van der Waals surface area contributed by atoms with Gasteiger partial charge < -0.3 is 142 Å². The number of carbonyl (C=O) groups is 17. The molecule has 0 aromatic rings. The molecule has 0 bridgehead atoms. The van der Waals surface area contributed by atoms with Crippen LogP contribution in [0.4, 0.5) is 0 Å². The Labute approximate surface area is 762 Å². The quantitative estimate of drug-likeness (QED) is 0.0237. The van der Waals surface area contributed by atoms with Crippen molar-refractivity contribution in [2.24, 2.45) is 0 Å². The van der Waals surface area contributed by atoms with Crippen molar-refractivity contribution in [2.75, 3.05) is 139 Å². The number of carbonyl (C=O) groups excluding carboxylic acids is 16. The van der Waals surface area contributed by atoms with Gasteiger partial charge in [-0.1, -0.05) is 38.5 Å². The van der Waals surface area contributed by atoms with E-state index in [2.05, 4.69) is 37.2 Å². The van der Waals surface area contributed by atoms with E-state index < -0.39 is 195 Å². The number of carboxylic acids is 1. The second kappa shape index (κ2) is 66.8. The van der Waals surface area contributed by atoms with Gasteiger partial charge in [-0.2, -0.15) is 0 Å². The fraction of sp³-hybridized carbons (Fsp3) is 0.800. The second-order valence-corrected chi connectivity index (χ2v) is 31.2. The summed E-state index contributed by atoms with van der Waals surface area (Å²) in [6.07, 6.45) is -7.13. The van der Waals surface area contributed by atoms with Gasteiger partial charge in [0, 0.05) is 174 Å². The summed E-state index contributed by atoms with van der Waals surface area (Å²) < 4.78 is 120. The molecule has 3 saturated heterocycles. The van der Waals surface area contributed by atoms with Crippen LogP contribution in [0, 0.1) is 0 Å². The average Bonchev–Trinajstić information content (AvgIpc) is 0.795. The van der Waals surface area contributed by atoms with Crippen molar-refractivity contribution in [1.29, 1.82) is 0 Å². The lowest BCUT2D eigenvalue weighted by atomic mass is 9.96. The number of aliphatic carboxylic acids is 1. The molecule has 748 valence electrons. The summed E-state index contributed by atoms with van der Waals surface area (Å²) in [5.74, 6) is -10.6.